The number of likely N-dealkylation sites (tertiary alicyclic amines) is 1. The lowest BCUT2D eigenvalue weighted by Gasteiger charge is -2.50. The number of rotatable bonds is 3. The first-order valence-corrected chi connectivity index (χ1v) is 8.74. The number of carbonyl (C=O) groups is 2. The van der Waals surface area contributed by atoms with Gasteiger partial charge in [0.2, 0.25) is 11.8 Å². The Kier molecular flexibility index (Phi) is 4.90. The lowest BCUT2D eigenvalue weighted by molar-refractivity contribution is -0.152. The summed E-state index contributed by atoms with van der Waals surface area (Å²) in [6, 6.07) is 7.45. The van der Waals surface area contributed by atoms with E-state index in [0.29, 0.717) is 26.2 Å². The highest BCUT2D eigenvalue weighted by atomic mass is 16.5. The second kappa shape index (κ2) is 6.93. The van der Waals surface area contributed by atoms with Crippen LogP contribution in [0.25, 0.3) is 0 Å². The second-order valence-corrected chi connectivity index (χ2v) is 7.13. The molecule has 2 fully saturated rings. The van der Waals surface area contributed by atoms with Crippen molar-refractivity contribution in [3.8, 4) is 0 Å². The van der Waals surface area contributed by atoms with Gasteiger partial charge in [-0.25, -0.2) is 0 Å². The Balaban J connectivity index is 1.80. The van der Waals surface area contributed by atoms with Crippen LogP contribution in [0.1, 0.15) is 36.8 Å². The molecule has 2 saturated heterocycles. The molecular weight excluding hydrogens is 304 g/mol. The monoisotopic (exact) mass is 330 g/mol. The summed E-state index contributed by atoms with van der Waals surface area (Å²) in [6.45, 7) is 3.92. The van der Waals surface area contributed by atoms with Gasteiger partial charge in [-0.15, -0.1) is 0 Å². The van der Waals surface area contributed by atoms with Gasteiger partial charge in [0.05, 0.1) is 6.42 Å². The van der Waals surface area contributed by atoms with Crippen molar-refractivity contribution in [2.45, 2.75) is 45.1 Å². The summed E-state index contributed by atoms with van der Waals surface area (Å²) in [5.74, 6) is -0.387. The number of piperidine rings is 1. The van der Waals surface area contributed by atoms with Crippen LogP contribution in [0.5, 0.6) is 0 Å². The molecule has 0 radical (unpaired) electrons. The number of aryl methyl sites for hydroxylation is 1. The fourth-order valence-electron chi connectivity index (χ4n) is 4.21. The zero-order chi connectivity index (χ0) is 17.2. The Morgan fingerprint density at radius 3 is 2.50 bits per heavy atom. The molecule has 130 valence electrons. The minimum absolute atomic E-state index is 0.00628. The molecule has 5 nitrogen and oxygen atoms in total. The molecule has 1 atom stereocenters. The van der Waals surface area contributed by atoms with E-state index in [4.69, 9.17) is 10.5 Å². The van der Waals surface area contributed by atoms with Crippen molar-refractivity contribution in [3.63, 3.8) is 0 Å². The van der Waals surface area contributed by atoms with E-state index in [0.717, 1.165) is 31.2 Å². The minimum atomic E-state index is -0.506. The Morgan fingerprint density at radius 1 is 1.21 bits per heavy atom. The van der Waals surface area contributed by atoms with Crippen molar-refractivity contribution in [3.05, 3.63) is 35.4 Å². The van der Waals surface area contributed by atoms with Gasteiger partial charge >= 0.3 is 0 Å². The smallest absolute Gasteiger partial charge is 0.240 e. The molecule has 0 saturated carbocycles. The quantitative estimate of drug-likeness (QED) is 0.918. The van der Waals surface area contributed by atoms with Gasteiger partial charge in [-0.3, -0.25) is 9.59 Å². The van der Waals surface area contributed by atoms with Gasteiger partial charge in [-0.05, 0) is 38.2 Å². The normalized spacial score (nSPS) is 23.2. The third-order valence-electron chi connectivity index (χ3n) is 5.52. The van der Waals surface area contributed by atoms with Crippen LogP contribution in [0.3, 0.4) is 0 Å². The topological polar surface area (TPSA) is 72.6 Å². The molecule has 1 aromatic rings. The van der Waals surface area contributed by atoms with Crippen molar-refractivity contribution in [1.29, 1.82) is 0 Å². The van der Waals surface area contributed by atoms with E-state index < -0.39 is 6.04 Å². The fourth-order valence-corrected chi connectivity index (χ4v) is 4.21. The molecule has 1 spiro atoms. The van der Waals surface area contributed by atoms with Crippen LogP contribution in [0.15, 0.2) is 24.3 Å². The number of ether oxygens (including phenoxy) is 1. The highest BCUT2D eigenvalue weighted by Crippen LogP contribution is 2.44. The van der Waals surface area contributed by atoms with Crippen LogP contribution in [-0.4, -0.2) is 42.5 Å². The minimum Gasteiger partial charge on any atom is -0.381 e. The van der Waals surface area contributed by atoms with Gasteiger partial charge in [0.25, 0.3) is 0 Å². The van der Waals surface area contributed by atoms with E-state index >= 15 is 0 Å². The molecule has 2 N–H and O–H groups in total. The molecular formula is C19H26N2O3. The molecule has 0 bridgehead atoms. The average Bonchev–Trinajstić information content (AvgIpc) is 2.57. The summed E-state index contributed by atoms with van der Waals surface area (Å²) in [7, 11) is 0. The SMILES string of the molecule is Cc1ccc(CC(=O)N2CCCC3(CCOCC3)C2C(N)=O)cc1. The van der Waals surface area contributed by atoms with E-state index in [1.165, 1.54) is 5.56 Å². The molecule has 0 aliphatic carbocycles. The fraction of sp³-hybridized carbons (Fsp3) is 0.579. The third-order valence-corrected chi connectivity index (χ3v) is 5.52. The Bertz CT molecular complexity index is 600. The first kappa shape index (κ1) is 17.0. The van der Waals surface area contributed by atoms with E-state index in [2.05, 4.69) is 0 Å². The second-order valence-electron chi connectivity index (χ2n) is 7.13. The molecule has 0 aromatic heterocycles. The van der Waals surface area contributed by atoms with Crippen molar-refractivity contribution in [2.75, 3.05) is 19.8 Å². The summed E-state index contributed by atoms with van der Waals surface area (Å²) in [6.07, 6.45) is 3.78. The van der Waals surface area contributed by atoms with E-state index in [-0.39, 0.29) is 17.2 Å². The number of carbonyl (C=O) groups excluding carboxylic acids is 2. The molecule has 2 heterocycles. The number of amides is 2. The van der Waals surface area contributed by atoms with Crippen LogP contribution >= 0.6 is 0 Å². The molecule has 2 amide bonds. The number of primary amides is 1. The molecule has 2 aliphatic rings. The summed E-state index contributed by atoms with van der Waals surface area (Å²) >= 11 is 0. The Labute approximate surface area is 143 Å². The van der Waals surface area contributed by atoms with Crippen molar-refractivity contribution >= 4 is 11.8 Å². The van der Waals surface area contributed by atoms with Gasteiger partial charge < -0.3 is 15.4 Å². The van der Waals surface area contributed by atoms with Gasteiger partial charge in [0.1, 0.15) is 6.04 Å². The molecule has 3 rings (SSSR count). The third kappa shape index (κ3) is 3.31. The lowest BCUT2D eigenvalue weighted by Crippen LogP contribution is -2.61. The first-order valence-electron chi connectivity index (χ1n) is 8.74. The first-order chi connectivity index (χ1) is 11.5. The predicted molar refractivity (Wildman–Crippen MR) is 91.3 cm³/mol. The maximum absolute atomic E-state index is 12.9. The molecule has 24 heavy (non-hydrogen) atoms. The number of nitrogens with two attached hydrogens (primary N) is 1. The standard InChI is InChI=1S/C19H26N2O3/c1-14-3-5-15(6-4-14)13-16(22)21-10-2-7-19(17(21)18(20)23)8-11-24-12-9-19/h3-6,17H,2,7-13H2,1H3,(H2,20,23). The van der Waals surface area contributed by atoms with E-state index in [1.807, 2.05) is 31.2 Å². The Morgan fingerprint density at radius 2 is 1.88 bits per heavy atom. The number of hydrogen-bond acceptors (Lipinski definition) is 3. The van der Waals surface area contributed by atoms with Crippen molar-refractivity contribution in [1.82, 2.24) is 4.90 Å². The van der Waals surface area contributed by atoms with Crippen molar-refractivity contribution < 1.29 is 14.3 Å². The van der Waals surface area contributed by atoms with Crippen LogP contribution in [0.2, 0.25) is 0 Å². The largest absolute Gasteiger partial charge is 0.381 e. The average molecular weight is 330 g/mol. The van der Waals surface area contributed by atoms with Crippen molar-refractivity contribution in [2.24, 2.45) is 11.1 Å². The van der Waals surface area contributed by atoms with Gasteiger partial charge in [-0.1, -0.05) is 29.8 Å². The highest BCUT2D eigenvalue weighted by Gasteiger charge is 2.49. The molecule has 1 aromatic carbocycles. The van der Waals surface area contributed by atoms with Crippen LogP contribution in [0.4, 0.5) is 0 Å². The maximum atomic E-state index is 12.9. The summed E-state index contributed by atoms with van der Waals surface area (Å²) in [5.41, 5.74) is 7.68. The number of hydrogen-bond donors (Lipinski definition) is 1. The molecule has 1 unspecified atom stereocenters. The Hall–Kier alpha value is -1.88. The van der Waals surface area contributed by atoms with E-state index in [1.54, 1.807) is 4.90 Å². The number of nitrogens with zero attached hydrogens (tertiary/aromatic N) is 1. The predicted octanol–water partition coefficient (Wildman–Crippen LogP) is 1.81. The van der Waals surface area contributed by atoms with Crippen LogP contribution in [-0.2, 0) is 20.7 Å². The summed E-state index contributed by atoms with van der Waals surface area (Å²) in [4.78, 5) is 26.8. The van der Waals surface area contributed by atoms with Gasteiger partial charge in [0.15, 0.2) is 0 Å². The summed E-state index contributed by atoms with van der Waals surface area (Å²) in [5, 5.41) is 0. The van der Waals surface area contributed by atoms with E-state index in [9.17, 15) is 9.59 Å². The molecule has 5 heteroatoms. The van der Waals surface area contributed by atoms with Crippen LogP contribution in [0, 0.1) is 12.3 Å². The van der Waals surface area contributed by atoms with Gasteiger partial charge in [0, 0.05) is 25.2 Å². The maximum Gasteiger partial charge on any atom is 0.240 e. The van der Waals surface area contributed by atoms with Crippen LogP contribution < -0.4 is 5.73 Å². The zero-order valence-electron chi connectivity index (χ0n) is 14.3. The highest BCUT2D eigenvalue weighted by molar-refractivity contribution is 5.88. The zero-order valence-corrected chi connectivity index (χ0v) is 14.3. The summed E-state index contributed by atoms with van der Waals surface area (Å²) < 4.78 is 5.47. The molecule has 2 aliphatic heterocycles. The lowest BCUT2D eigenvalue weighted by atomic mass is 9.67. The number of benzene rings is 1. The van der Waals surface area contributed by atoms with Gasteiger partial charge in [-0.2, -0.15) is 0 Å².